The minimum Gasteiger partial charge on any atom is -0.456 e. The third-order valence-corrected chi connectivity index (χ3v) is 4.93. The second kappa shape index (κ2) is 9.47. The summed E-state index contributed by atoms with van der Waals surface area (Å²) in [7, 11) is 0. The second-order valence-electron chi connectivity index (χ2n) is 6.51. The highest BCUT2D eigenvalue weighted by atomic mass is 79.9. The number of amides is 1. The van der Waals surface area contributed by atoms with Crippen LogP contribution in [0.5, 0.6) is 0 Å². The monoisotopic (exact) mass is 457 g/mol. The van der Waals surface area contributed by atoms with Crippen LogP contribution in [0.4, 0.5) is 0 Å². The van der Waals surface area contributed by atoms with Gasteiger partial charge in [0.1, 0.15) is 0 Å². The molecule has 0 radical (unpaired) electrons. The molecule has 0 fully saturated rings. The normalized spacial score (nSPS) is 11.8. The van der Waals surface area contributed by atoms with Gasteiger partial charge in [-0.2, -0.15) is 0 Å². The Morgan fingerprint density at radius 1 is 1.17 bits per heavy atom. The van der Waals surface area contributed by atoms with Crippen molar-refractivity contribution in [3.8, 4) is 0 Å². The number of nitrogens with one attached hydrogen (secondary N) is 1. The van der Waals surface area contributed by atoms with Crippen LogP contribution < -0.4 is 10.9 Å². The summed E-state index contributed by atoms with van der Waals surface area (Å²) in [5.41, 5.74) is 1.33. The van der Waals surface area contributed by atoms with Gasteiger partial charge in [-0.3, -0.25) is 19.0 Å². The van der Waals surface area contributed by atoms with E-state index in [0.29, 0.717) is 10.9 Å². The van der Waals surface area contributed by atoms with Crippen LogP contribution in [0.3, 0.4) is 0 Å². The number of halogens is 1. The minimum absolute atomic E-state index is 0.0323. The number of hydrogen-bond acceptors (Lipinski definition) is 5. The van der Waals surface area contributed by atoms with E-state index in [-0.39, 0.29) is 31.2 Å². The number of hydrogen-bond donors (Lipinski definition) is 1. The van der Waals surface area contributed by atoms with Gasteiger partial charge in [0.25, 0.3) is 11.5 Å². The Morgan fingerprint density at radius 2 is 1.90 bits per heavy atom. The SMILES string of the molecule is CC(NC(=O)COC(=O)CCn1cnc2ccccc2c1=O)c1ccc(Br)cc1. The summed E-state index contributed by atoms with van der Waals surface area (Å²) in [6, 6.07) is 14.4. The number of aryl methyl sites for hydroxylation is 1. The number of para-hydroxylation sites is 1. The van der Waals surface area contributed by atoms with Crippen LogP contribution in [0.25, 0.3) is 10.9 Å². The molecular weight excluding hydrogens is 438 g/mol. The second-order valence-corrected chi connectivity index (χ2v) is 7.43. The molecule has 3 rings (SSSR count). The van der Waals surface area contributed by atoms with Gasteiger partial charge in [0.05, 0.1) is 29.7 Å². The Morgan fingerprint density at radius 3 is 2.66 bits per heavy atom. The highest BCUT2D eigenvalue weighted by molar-refractivity contribution is 9.10. The predicted molar refractivity (Wildman–Crippen MR) is 112 cm³/mol. The molecule has 0 aliphatic heterocycles. The number of carbonyl (C=O) groups is 2. The zero-order valence-corrected chi connectivity index (χ0v) is 17.4. The average Bonchev–Trinajstić information content (AvgIpc) is 2.72. The summed E-state index contributed by atoms with van der Waals surface area (Å²) in [5, 5.41) is 3.27. The first-order valence-electron chi connectivity index (χ1n) is 9.08. The van der Waals surface area contributed by atoms with Crippen LogP contribution in [0.1, 0.15) is 24.9 Å². The highest BCUT2D eigenvalue weighted by Gasteiger charge is 2.13. The summed E-state index contributed by atoms with van der Waals surface area (Å²) >= 11 is 3.36. The first kappa shape index (κ1) is 20.7. The van der Waals surface area contributed by atoms with Crippen molar-refractivity contribution in [1.82, 2.24) is 14.9 Å². The fourth-order valence-corrected chi connectivity index (χ4v) is 3.08. The molecule has 1 N–H and O–H groups in total. The number of nitrogens with zero attached hydrogens (tertiary/aromatic N) is 2. The van der Waals surface area contributed by atoms with E-state index in [1.807, 2.05) is 31.2 Å². The fourth-order valence-electron chi connectivity index (χ4n) is 2.81. The van der Waals surface area contributed by atoms with Crippen molar-refractivity contribution in [3.63, 3.8) is 0 Å². The molecular formula is C21H20BrN3O4. The number of ether oxygens (including phenoxy) is 1. The van der Waals surface area contributed by atoms with Crippen molar-refractivity contribution >= 4 is 38.7 Å². The van der Waals surface area contributed by atoms with Gasteiger partial charge in [-0.1, -0.05) is 40.2 Å². The van der Waals surface area contributed by atoms with Crippen LogP contribution >= 0.6 is 15.9 Å². The molecule has 150 valence electrons. The van der Waals surface area contributed by atoms with Crippen molar-refractivity contribution in [2.75, 3.05) is 6.61 Å². The fraction of sp³-hybridized carbons (Fsp3) is 0.238. The van der Waals surface area contributed by atoms with Gasteiger partial charge in [0.2, 0.25) is 0 Å². The zero-order chi connectivity index (χ0) is 20.8. The van der Waals surface area contributed by atoms with E-state index in [1.165, 1.54) is 10.9 Å². The third kappa shape index (κ3) is 5.51. The smallest absolute Gasteiger partial charge is 0.308 e. The Balaban J connectivity index is 1.47. The van der Waals surface area contributed by atoms with Crippen molar-refractivity contribution < 1.29 is 14.3 Å². The van der Waals surface area contributed by atoms with E-state index in [9.17, 15) is 14.4 Å². The molecule has 7 nitrogen and oxygen atoms in total. The molecule has 29 heavy (non-hydrogen) atoms. The molecule has 3 aromatic rings. The van der Waals surface area contributed by atoms with Crippen LogP contribution in [0.15, 0.2) is 64.1 Å². The van der Waals surface area contributed by atoms with Gasteiger partial charge >= 0.3 is 5.97 Å². The first-order valence-corrected chi connectivity index (χ1v) is 9.88. The largest absolute Gasteiger partial charge is 0.456 e. The number of carbonyl (C=O) groups excluding carboxylic acids is 2. The van der Waals surface area contributed by atoms with Crippen LogP contribution in [0, 0.1) is 0 Å². The lowest BCUT2D eigenvalue weighted by Crippen LogP contribution is -2.31. The molecule has 0 saturated heterocycles. The molecule has 1 amide bonds. The van der Waals surface area contributed by atoms with Crippen LogP contribution in [-0.4, -0.2) is 28.0 Å². The van der Waals surface area contributed by atoms with Crippen molar-refractivity contribution in [2.45, 2.75) is 25.9 Å². The van der Waals surface area contributed by atoms with Gasteiger partial charge in [-0.25, -0.2) is 4.98 Å². The van der Waals surface area contributed by atoms with Gasteiger partial charge < -0.3 is 10.1 Å². The van der Waals surface area contributed by atoms with Gasteiger partial charge in [0.15, 0.2) is 6.61 Å². The van der Waals surface area contributed by atoms with Crippen molar-refractivity contribution in [3.05, 3.63) is 75.2 Å². The molecule has 1 unspecified atom stereocenters. The lowest BCUT2D eigenvalue weighted by molar-refractivity contribution is -0.148. The summed E-state index contributed by atoms with van der Waals surface area (Å²) in [5.74, 6) is -0.949. The lowest BCUT2D eigenvalue weighted by atomic mass is 10.1. The van der Waals surface area contributed by atoms with E-state index < -0.39 is 11.9 Å². The van der Waals surface area contributed by atoms with Crippen LogP contribution in [-0.2, 0) is 20.9 Å². The quantitative estimate of drug-likeness (QED) is 0.550. The Hall–Kier alpha value is -3.00. The molecule has 0 aliphatic rings. The minimum atomic E-state index is -0.559. The van der Waals surface area contributed by atoms with Crippen molar-refractivity contribution in [1.29, 1.82) is 0 Å². The number of fused-ring (bicyclic) bond motifs is 1. The maximum Gasteiger partial charge on any atom is 0.308 e. The summed E-state index contributed by atoms with van der Waals surface area (Å²) in [4.78, 5) is 40.5. The van der Waals surface area contributed by atoms with E-state index in [2.05, 4.69) is 26.2 Å². The third-order valence-electron chi connectivity index (χ3n) is 4.40. The zero-order valence-electron chi connectivity index (χ0n) is 15.8. The molecule has 0 spiro atoms. The van der Waals surface area contributed by atoms with E-state index in [4.69, 9.17) is 4.74 Å². The van der Waals surface area contributed by atoms with E-state index in [0.717, 1.165) is 10.0 Å². The van der Waals surface area contributed by atoms with Crippen molar-refractivity contribution in [2.24, 2.45) is 0 Å². The number of aromatic nitrogens is 2. The van der Waals surface area contributed by atoms with E-state index in [1.54, 1.807) is 24.3 Å². The Labute approximate surface area is 175 Å². The molecule has 8 heteroatoms. The molecule has 1 atom stereocenters. The maximum atomic E-state index is 12.4. The number of benzene rings is 2. The Kier molecular flexibility index (Phi) is 6.77. The standard InChI is InChI=1S/C21H20BrN3O4/c1-14(15-6-8-16(22)9-7-15)24-19(26)12-29-20(27)10-11-25-13-23-18-5-3-2-4-17(18)21(25)28/h2-9,13-14H,10-12H2,1H3,(H,24,26). The molecule has 1 aromatic heterocycles. The average molecular weight is 458 g/mol. The number of rotatable bonds is 7. The van der Waals surface area contributed by atoms with Gasteiger partial charge in [0, 0.05) is 11.0 Å². The van der Waals surface area contributed by atoms with Gasteiger partial charge in [-0.05, 0) is 36.8 Å². The lowest BCUT2D eigenvalue weighted by Gasteiger charge is -2.14. The maximum absolute atomic E-state index is 12.4. The first-order chi connectivity index (χ1) is 13.9. The predicted octanol–water partition coefficient (Wildman–Crippen LogP) is 2.97. The van der Waals surface area contributed by atoms with E-state index >= 15 is 0 Å². The summed E-state index contributed by atoms with van der Waals surface area (Å²) < 4.78 is 7.33. The molecule has 2 aromatic carbocycles. The summed E-state index contributed by atoms with van der Waals surface area (Å²) in [6.07, 6.45) is 1.38. The summed E-state index contributed by atoms with van der Waals surface area (Å²) in [6.45, 7) is 1.61. The molecule has 0 bridgehead atoms. The van der Waals surface area contributed by atoms with Gasteiger partial charge in [-0.15, -0.1) is 0 Å². The molecule has 0 saturated carbocycles. The Bertz CT molecular complexity index is 1080. The number of esters is 1. The highest BCUT2D eigenvalue weighted by Crippen LogP contribution is 2.16. The molecule has 1 heterocycles. The topological polar surface area (TPSA) is 90.3 Å². The molecule has 0 aliphatic carbocycles. The van der Waals surface area contributed by atoms with Crippen LogP contribution in [0.2, 0.25) is 0 Å².